The van der Waals surface area contributed by atoms with E-state index < -0.39 is 0 Å². The molecule has 1 N–H and O–H groups in total. The summed E-state index contributed by atoms with van der Waals surface area (Å²) in [5, 5.41) is 3.51. The molecule has 0 bridgehead atoms. The van der Waals surface area contributed by atoms with Crippen molar-refractivity contribution in [3.8, 4) is 0 Å². The summed E-state index contributed by atoms with van der Waals surface area (Å²) in [5.41, 5.74) is 0. The van der Waals surface area contributed by atoms with Gasteiger partial charge in [-0.25, -0.2) is 9.97 Å². The number of rotatable bonds is 5. The van der Waals surface area contributed by atoms with Crippen LogP contribution in [0, 0.1) is 0 Å². The molecule has 1 unspecified atom stereocenters. The van der Waals surface area contributed by atoms with Gasteiger partial charge in [0, 0.05) is 25.6 Å². The van der Waals surface area contributed by atoms with Gasteiger partial charge in [0.05, 0.1) is 0 Å². The Kier molecular flexibility index (Phi) is 4.24. The highest BCUT2D eigenvalue weighted by Crippen LogP contribution is 2.38. The van der Waals surface area contributed by atoms with Crippen LogP contribution >= 0.6 is 11.6 Å². The molecule has 0 aliphatic heterocycles. The van der Waals surface area contributed by atoms with E-state index >= 15 is 0 Å². The lowest BCUT2D eigenvalue weighted by atomic mass is 10.3. The average molecular weight is 283 g/mol. The van der Waals surface area contributed by atoms with Crippen molar-refractivity contribution in [1.82, 2.24) is 14.9 Å². The number of halogens is 1. The van der Waals surface area contributed by atoms with Crippen LogP contribution in [0.15, 0.2) is 6.07 Å². The van der Waals surface area contributed by atoms with E-state index in [1.165, 1.54) is 0 Å². The number of nitrogens with zero attached hydrogens (tertiary/aromatic N) is 3. The Morgan fingerprint density at radius 3 is 2.84 bits per heavy atom. The molecule has 1 aliphatic rings. The number of carbonyl (C=O) groups excluding carboxylic acids is 1. The first-order valence-corrected chi connectivity index (χ1v) is 6.95. The molecule has 1 aromatic heterocycles. The second kappa shape index (κ2) is 5.74. The quantitative estimate of drug-likeness (QED) is 0.842. The Hall–Kier alpha value is -1.36. The molecule has 1 aliphatic carbocycles. The van der Waals surface area contributed by atoms with E-state index in [1.54, 1.807) is 18.0 Å². The fourth-order valence-electron chi connectivity index (χ4n) is 1.80. The third kappa shape index (κ3) is 3.56. The Morgan fingerprint density at radius 1 is 1.58 bits per heavy atom. The maximum absolute atomic E-state index is 12.0. The second-order valence-electron chi connectivity index (χ2n) is 4.93. The minimum atomic E-state index is -0.331. The highest BCUT2D eigenvalue weighted by molar-refractivity contribution is 6.29. The Balaban J connectivity index is 2.07. The minimum Gasteiger partial charge on any atom is -0.358 e. The van der Waals surface area contributed by atoms with Gasteiger partial charge in [-0.3, -0.25) is 4.79 Å². The van der Waals surface area contributed by atoms with Gasteiger partial charge in [0.2, 0.25) is 5.91 Å². The van der Waals surface area contributed by atoms with Gasteiger partial charge < -0.3 is 10.2 Å². The van der Waals surface area contributed by atoms with Crippen LogP contribution in [0.4, 0.5) is 5.82 Å². The maximum atomic E-state index is 12.0. The van der Waals surface area contributed by atoms with Crippen molar-refractivity contribution in [1.29, 1.82) is 0 Å². The van der Waals surface area contributed by atoms with Gasteiger partial charge >= 0.3 is 0 Å². The molecule has 104 valence electrons. The number of amides is 1. The van der Waals surface area contributed by atoms with E-state index in [0.29, 0.717) is 23.4 Å². The lowest BCUT2D eigenvalue weighted by Gasteiger charge is -2.21. The third-order valence-electron chi connectivity index (χ3n) is 3.24. The SMILES string of the molecule is CCN(C)C(=O)C(C)Nc1cc(Cl)nc(C2CC2)n1. The fraction of sp³-hybridized carbons (Fsp3) is 0.615. The lowest BCUT2D eigenvalue weighted by molar-refractivity contribution is -0.130. The number of hydrogen-bond acceptors (Lipinski definition) is 4. The van der Waals surface area contributed by atoms with Crippen molar-refractivity contribution in [2.24, 2.45) is 0 Å². The average Bonchev–Trinajstić information content (AvgIpc) is 3.20. The first-order valence-electron chi connectivity index (χ1n) is 6.57. The van der Waals surface area contributed by atoms with E-state index in [0.717, 1.165) is 18.7 Å². The molecule has 1 heterocycles. The zero-order valence-corrected chi connectivity index (χ0v) is 12.2. The van der Waals surface area contributed by atoms with E-state index in [-0.39, 0.29) is 11.9 Å². The molecule has 1 fully saturated rings. The fourth-order valence-corrected chi connectivity index (χ4v) is 1.99. The van der Waals surface area contributed by atoms with Crippen LogP contribution in [0.3, 0.4) is 0 Å². The zero-order chi connectivity index (χ0) is 14.0. The standard InChI is InChI=1S/C13H19ClN4O/c1-4-18(3)13(19)8(2)15-11-7-10(14)16-12(17-11)9-5-6-9/h7-9H,4-6H2,1-3H3,(H,15,16,17). The molecule has 2 rings (SSSR count). The predicted molar refractivity (Wildman–Crippen MR) is 75.4 cm³/mol. The molecule has 1 amide bonds. The van der Waals surface area contributed by atoms with Gasteiger partial charge in [0.15, 0.2) is 0 Å². The van der Waals surface area contributed by atoms with Crippen LogP contribution < -0.4 is 5.32 Å². The van der Waals surface area contributed by atoms with Crippen LogP contribution in [0.25, 0.3) is 0 Å². The summed E-state index contributed by atoms with van der Waals surface area (Å²) in [7, 11) is 1.78. The largest absolute Gasteiger partial charge is 0.358 e. The number of aromatic nitrogens is 2. The molecule has 1 atom stereocenters. The van der Waals surface area contributed by atoms with Gasteiger partial charge in [-0.1, -0.05) is 11.6 Å². The van der Waals surface area contributed by atoms with Crippen molar-refractivity contribution in [3.05, 3.63) is 17.0 Å². The van der Waals surface area contributed by atoms with Crippen molar-refractivity contribution in [2.75, 3.05) is 18.9 Å². The van der Waals surface area contributed by atoms with E-state index in [1.807, 2.05) is 13.8 Å². The summed E-state index contributed by atoms with van der Waals surface area (Å²) in [5.74, 6) is 1.86. The van der Waals surface area contributed by atoms with Crippen LogP contribution in [-0.2, 0) is 4.79 Å². The molecule has 6 heteroatoms. The molecule has 5 nitrogen and oxygen atoms in total. The van der Waals surface area contributed by atoms with Crippen LogP contribution in [0.2, 0.25) is 5.15 Å². The van der Waals surface area contributed by atoms with Gasteiger partial charge in [-0.05, 0) is 26.7 Å². The van der Waals surface area contributed by atoms with E-state index in [4.69, 9.17) is 11.6 Å². The third-order valence-corrected chi connectivity index (χ3v) is 3.43. The summed E-state index contributed by atoms with van der Waals surface area (Å²) in [6, 6.07) is 1.33. The lowest BCUT2D eigenvalue weighted by Crippen LogP contribution is -2.39. The summed E-state index contributed by atoms with van der Waals surface area (Å²) in [6.45, 7) is 4.45. The Labute approximate surface area is 118 Å². The van der Waals surface area contributed by atoms with Gasteiger partial charge in [0.1, 0.15) is 22.8 Å². The number of anilines is 1. The molecule has 0 radical (unpaired) electrons. The number of likely N-dealkylation sites (N-methyl/N-ethyl adjacent to an activating group) is 1. The van der Waals surface area contributed by atoms with Crippen molar-refractivity contribution >= 4 is 23.3 Å². The van der Waals surface area contributed by atoms with Gasteiger partial charge in [0.25, 0.3) is 0 Å². The first-order chi connectivity index (χ1) is 9.01. The number of hydrogen-bond donors (Lipinski definition) is 1. The van der Waals surface area contributed by atoms with Gasteiger partial charge in [-0.2, -0.15) is 0 Å². The van der Waals surface area contributed by atoms with Crippen LogP contribution in [0.5, 0.6) is 0 Å². The molecule has 1 aromatic rings. The van der Waals surface area contributed by atoms with Crippen LogP contribution in [-0.4, -0.2) is 40.4 Å². The number of nitrogens with one attached hydrogen (secondary N) is 1. The zero-order valence-electron chi connectivity index (χ0n) is 11.5. The molecule has 19 heavy (non-hydrogen) atoms. The van der Waals surface area contributed by atoms with Crippen molar-refractivity contribution in [2.45, 2.75) is 38.6 Å². The van der Waals surface area contributed by atoms with E-state index in [2.05, 4.69) is 15.3 Å². The highest BCUT2D eigenvalue weighted by atomic mass is 35.5. The topological polar surface area (TPSA) is 58.1 Å². The smallest absolute Gasteiger partial charge is 0.244 e. The Morgan fingerprint density at radius 2 is 2.26 bits per heavy atom. The molecular weight excluding hydrogens is 264 g/mol. The van der Waals surface area contributed by atoms with Crippen molar-refractivity contribution < 1.29 is 4.79 Å². The van der Waals surface area contributed by atoms with E-state index in [9.17, 15) is 4.79 Å². The monoisotopic (exact) mass is 282 g/mol. The molecule has 1 saturated carbocycles. The summed E-state index contributed by atoms with van der Waals surface area (Å²) < 4.78 is 0. The summed E-state index contributed by atoms with van der Waals surface area (Å²) in [4.78, 5) is 22.3. The molecule has 0 aromatic carbocycles. The highest BCUT2D eigenvalue weighted by Gasteiger charge is 2.27. The molecule has 0 spiro atoms. The number of carbonyl (C=O) groups is 1. The molecule has 0 saturated heterocycles. The maximum Gasteiger partial charge on any atom is 0.244 e. The molecular formula is C13H19ClN4O. The normalized spacial score (nSPS) is 16.0. The predicted octanol–water partition coefficient (Wildman–Crippen LogP) is 2.29. The van der Waals surface area contributed by atoms with Crippen molar-refractivity contribution in [3.63, 3.8) is 0 Å². The van der Waals surface area contributed by atoms with Gasteiger partial charge in [-0.15, -0.1) is 0 Å². The second-order valence-corrected chi connectivity index (χ2v) is 5.31. The Bertz CT molecular complexity index is 476. The summed E-state index contributed by atoms with van der Waals surface area (Å²) >= 11 is 5.99. The first kappa shape index (κ1) is 14.1. The minimum absolute atomic E-state index is 0.0326. The summed E-state index contributed by atoms with van der Waals surface area (Å²) in [6.07, 6.45) is 2.24. The van der Waals surface area contributed by atoms with Crippen LogP contribution in [0.1, 0.15) is 38.4 Å².